The van der Waals surface area contributed by atoms with Crippen molar-refractivity contribution < 1.29 is 26.4 Å². The molecule has 2 heterocycles. The maximum Gasteiger partial charge on any atom is 0.416 e. The number of nitrogens with zero attached hydrogens (tertiary/aromatic N) is 3. The first-order valence-electron chi connectivity index (χ1n) is 7.32. The Labute approximate surface area is 141 Å². The molecule has 1 aromatic carbocycles. The number of amides is 1. The van der Waals surface area contributed by atoms with E-state index >= 15 is 0 Å². The van der Waals surface area contributed by atoms with Crippen LogP contribution in [0.2, 0.25) is 0 Å². The number of anilines is 1. The molecule has 10 heteroatoms. The highest BCUT2D eigenvalue weighted by atomic mass is 32.2. The monoisotopic (exact) mass is 373 g/mol. The van der Waals surface area contributed by atoms with Gasteiger partial charge in [-0.15, -0.1) is 0 Å². The molecule has 0 saturated carbocycles. The number of hydrogen-bond donors (Lipinski definition) is 0. The van der Waals surface area contributed by atoms with Gasteiger partial charge in [0, 0.05) is 19.8 Å². The molecule has 3 rings (SSSR count). The van der Waals surface area contributed by atoms with Crippen molar-refractivity contribution in [2.75, 3.05) is 11.4 Å². The van der Waals surface area contributed by atoms with Crippen molar-refractivity contribution in [3.05, 3.63) is 42.2 Å². The molecule has 25 heavy (non-hydrogen) atoms. The summed E-state index contributed by atoms with van der Waals surface area (Å²) in [7, 11) is -2.57. The standard InChI is InChI=1S/C15H14F3N3O3S/c1-20-9-11(8-19-20)21-6-5-13(14(21)22)25(23,24)12-4-2-3-10(7-12)15(16,17)18/h2-4,7-9,13H,5-6H2,1H3/t13-/m1/s1. The molecule has 1 aliphatic rings. The Morgan fingerprint density at radius 1 is 1.28 bits per heavy atom. The highest BCUT2D eigenvalue weighted by Gasteiger charge is 2.43. The number of alkyl halides is 3. The van der Waals surface area contributed by atoms with Crippen LogP contribution >= 0.6 is 0 Å². The molecule has 1 aliphatic heterocycles. The molecule has 2 aromatic rings. The Balaban J connectivity index is 1.92. The van der Waals surface area contributed by atoms with Crippen molar-refractivity contribution in [3.63, 3.8) is 0 Å². The topological polar surface area (TPSA) is 72.3 Å². The fourth-order valence-electron chi connectivity index (χ4n) is 2.76. The number of hydrogen-bond acceptors (Lipinski definition) is 4. The van der Waals surface area contributed by atoms with Crippen molar-refractivity contribution in [1.82, 2.24) is 9.78 Å². The Kier molecular flexibility index (Phi) is 4.10. The third kappa shape index (κ3) is 3.13. The quantitative estimate of drug-likeness (QED) is 0.825. The Bertz CT molecular complexity index is 921. The van der Waals surface area contributed by atoms with Crippen molar-refractivity contribution in [2.45, 2.75) is 22.7 Å². The summed E-state index contributed by atoms with van der Waals surface area (Å²) < 4.78 is 65.3. The molecule has 0 N–H and O–H groups in total. The zero-order chi connectivity index (χ0) is 18.4. The number of carbonyl (C=O) groups excluding carboxylic acids is 1. The third-order valence-electron chi connectivity index (χ3n) is 4.02. The number of benzene rings is 1. The Hall–Kier alpha value is -2.36. The average Bonchev–Trinajstić information content (AvgIpc) is 3.12. The first kappa shape index (κ1) is 17.5. The summed E-state index contributed by atoms with van der Waals surface area (Å²) in [6.45, 7) is 0.160. The Morgan fingerprint density at radius 3 is 2.60 bits per heavy atom. The predicted molar refractivity (Wildman–Crippen MR) is 82.6 cm³/mol. The van der Waals surface area contributed by atoms with Gasteiger partial charge in [0.1, 0.15) is 5.25 Å². The van der Waals surface area contributed by atoms with E-state index in [9.17, 15) is 26.4 Å². The number of rotatable bonds is 3. The molecule has 1 saturated heterocycles. The van der Waals surface area contributed by atoms with E-state index in [1.165, 1.54) is 15.8 Å². The maximum atomic E-state index is 12.8. The smallest absolute Gasteiger partial charge is 0.308 e. The predicted octanol–water partition coefficient (Wildman–Crippen LogP) is 2.02. The molecule has 0 bridgehead atoms. The first-order valence-corrected chi connectivity index (χ1v) is 8.86. The molecule has 1 amide bonds. The molecule has 1 aromatic heterocycles. The van der Waals surface area contributed by atoms with Crippen molar-refractivity contribution in [3.8, 4) is 0 Å². The van der Waals surface area contributed by atoms with Crippen LogP contribution in [0.1, 0.15) is 12.0 Å². The molecule has 0 unspecified atom stereocenters. The van der Waals surface area contributed by atoms with Gasteiger partial charge in [-0.3, -0.25) is 9.48 Å². The summed E-state index contributed by atoms with van der Waals surface area (Å²) in [5, 5.41) is 2.52. The van der Waals surface area contributed by atoms with Gasteiger partial charge in [0.2, 0.25) is 5.91 Å². The normalized spacial score (nSPS) is 18.8. The van der Waals surface area contributed by atoms with Gasteiger partial charge in [-0.1, -0.05) is 6.07 Å². The SMILES string of the molecule is Cn1cc(N2CC[C@@H](S(=O)(=O)c3cccc(C(F)(F)F)c3)C2=O)cn1. The zero-order valence-corrected chi connectivity index (χ0v) is 13.9. The van der Waals surface area contributed by atoms with Crippen LogP contribution in [0.15, 0.2) is 41.6 Å². The molecule has 6 nitrogen and oxygen atoms in total. The second-order valence-corrected chi connectivity index (χ2v) is 7.84. The van der Waals surface area contributed by atoms with Gasteiger partial charge in [-0.05, 0) is 24.6 Å². The number of aromatic nitrogens is 2. The maximum absolute atomic E-state index is 12.8. The molecule has 0 aliphatic carbocycles. The summed E-state index contributed by atoms with van der Waals surface area (Å²) in [6.07, 6.45) is -1.66. The molecular formula is C15H14F3N3O3S. The van der Waals surface area contributed by atoms with E-state index < -0.39 is 37.6 Å². The van der Waals surface area contributed by atoms with Gasteiger partial charge < -0.3 is 4.90 Å². The minimum atomic E-state index is -4.66. The highest BCUT2D eigenvalue weighted by molar-refractivity contribution is 7.92. The summed E-state index contributed by atoms with van der Waals surface area (Å²) in [5.41, 5.74) is -0.614. The fraction of sp³-hybridized carbons (Fsp3) is 0.333. The molecule has 134 valence electrons. The van der Waals surface area contributed by atoms with E-state index in [4.69, 9.17) is 0 Å². The van der Waals surface area contributed by atoms with E-state index in [1.54, 1.807) is 13.2 Å². The van der Waals surface area contributed by atoms with E-state index in [1.807, 2.05) is 0 Å². The molecule has 0 spiro atoms. The van der Waals surface area contributed by atoms with Crippen LogP contribution in [0.25, 0.3) is 0 Å². The van der Waals surface area contributed by atoms with E-state index in [0.29, 0.717) is 11.8 Å². The summed E-state index contributed by atoms with van der Waals surface area (Å²) in [5.74, 6) is -0.662. The number of halogens is 3. The lowest BCUT2D eigenvalue weighted by Gasteiger charge is -2.15. The van der Waals surface area contributed by atoms with Crippen LogP contribution in [0.5, 0.6) is 0 Å². The van der Waals surface area contributed by atoms with E-state index in [0.717, 1.165) is 18.2 Å². The molecule has 0 radical (unpaired) electrons. The number of sulfone groups is 1. The average molecular weight is 373 g/mol. The van der Waals surface area contributed by atoms with Crippen LogP contribution < -0.4 is 4.90 Å². The first-order chi connectivity index (χ1) is 11.6. The van der Waals surface area contributed by atoms with Gasteiger partial charge >= 0.3 is 6.18 Å². The van der Waals surface area contributed by atoms with Crippen LogP contribution in [0.3, 0.4) is 0 Å². The van der Waals surface area contributed by atoms with Crippen LogP contribution in [0.4, 0.5) is 18.9 Å². The lowest BCUT2D eigenvalue weighted by molar-refractivity contribution is -0.137. The van der Waals surface area contributed by atoms with Gasteiger partial charge in [-0.2, -0.15) is 18.3 Å². The van der Waals surface area contributed by atoms with Crippen LogP contribution in [0, 0.1) is 0 Å². The Morgan fingerprint density at radius 2 is 2.00 bits per heavy atom. The largest absolute Gasteiger partial charge is 0.416 e. The van der Waals surface area contributed by atoms with Gasteiger partial charge in [0.25, 0.3) is 0 Å². The second kappa shape index (κ2) is 5.87. The second-order valence-electron chi connectivity index (χ2n) is 5.71. The lowest BCUT2D eigenvalue weighted by Crippen LogP contribution is -2.33. The number of aryl methyl sites for hydroxylation is 1. The molecule has 1 fully saturated rings. The van der Waals surface area contributed by atoms with Crippen LogP contribution in [-0.2, 0) is 27.9 Å². The minimum absolute atomic E-state index is 0.00626. The van der Waals surface area contributed by atoms with Crippen LogP contribution in [-0.4, -0.2) is 35.9 Å². The fourth-order valence-corrected chi connectivity index (χ4v) is 4.46. The number of carbonyl (C=O) groups is 1. The lowest BCUT2D eigenvalue weighted by atomic mass is 10.2. The van der Waals surface area contributed by atoms with Crippen molar-refractivity contribution in [1.29, 1.82) is 0 Å². The van der Waals surface area contributed by atoms with Gasteiger partial charge in [0.05, 0.1) is 22.3 Å². The molecular weight excluding hydrogens is 359 g/mol. The van der Waals surface area contributed by atoms with E-state index in [-0.39, 0.29) is 13.0 Å². The van der Waals surface area contributed by atoms with Gasteiger partial charge in [0.15, 0.2) is 9.84 Å². The highest BCUT2D eigenvalue weighted by Crippen LogP contribution is 2.33. The van der Waals surface area contributed by atoms with E-state index in [2.05, 4.69) is 5.10 Å². The summed E-state index contributed by atoms with van der Waals surface area (Å²) >= 11 is 0. The van der Waals surface area contributed by atoms with Gasteiger partial charge in [-0.25, -0.2) is 8.42 Å². The molecule has 1 atom stereocenters. The third-order valence-corrected chi connectivity index (χ3v) is 6.12. The summed E-state index contributed by atoms with van der Waals surface area (Å²) in [6, 6.07) is 3.45. The zero-order valence-electron chi connectivity index (χ0n) is 13.1. The minimum Gasteiger partial charge on any atom is -0.308 e. The summed E-state index contributed by atoms with van der Waals surface area (Å²) in [4.78, 5) is 13.3. The van der Waals surface area contributed by atoms with Crippen molar-refractivity contribution in [2.24, 2.45) is 7.05 Å². The van der Waals surface area contributed by atoms with Crippen molar-refractivity contribution >= 4 is 21.4 Å².